The van der Waals surface area contributed by atoms with Gasteiger partial charge >= 0.3 is 0 Å². The van der Waals surface area contributed by atoms with E-state index in [-0.39, 0.29) is 18.8 Å². The van der Waals surface area contributed by atoms with Crippen molar-refractivity contribution in [2.45, 2.75) is 12.3 Å². The smallest absolute Gasteiger partial charge is 0.235 e. The first-order valence-electron chi connectivity index (χ1n) is 6.46. The van der Waals surface area contributed by atoms with Crippen LogP contribution in [0.3, 0.4) is 0 Å². The van der Waals surface area contributed by atoms with Crippen molar-refractivity contribution in [1.82, 2.24) is 10.0 Å². The van der Waals surface area contributed by atoms with Gasteiger partial charge in [0.25, 0.3) is 0 Å². The minimum atomic E-state index is -3.59. The fourth-order valence-corrected chi connectivity index (χ4v) is 3.43. The molecule has 1 aromatic heterocycles. The van der Waals surface area contributed by atoms with Crippen LogP contribution in [0, 0.1) is 0 Å². The molecular weight excluding hydrogens is 372 g/mol. The predicted molar refractivity (Wildman–Crippen MR) is 85.3 cm³/mol. The lowest BCUT2D eigenvalue weighted by Gasteiger charge is -2.08. The van der Waals surface area contributed by atoms with Gasteiger partial charge in [0.05, 0.1) is 25.1 Å². The normalized spacial score (nSPS) is 11.3. The van der Waals surface area contributed by atoms with Gasteiger partial charge in [0.15, 0.2) is 0 Å². The van der Waals surface area contributed by atoms with E-state index in [0.29, 0.717) is 15.8 Å². The first-order chi connectivity index (χ1) is 10.5. The molecule has 0 spiro atoms. The summed E-state index contributed by atoms with van der Waals surface area (Å²) >= 11 is 3.29. The molecule has 2 N–H and O–H groups in total. The van der Waals surface area contributed by atoms with E-state index in [0.717, 1.165) is 0 Å². The average Bonchev–Trinajstić information content (AvgIpc) is 2.99. The van der Waals surface area contributed by atoms with Crippen molar-refractivity contribution in [3.63, 3.8) is 0 Å². The molecule has 0 saturated heterocycles. The topological polar surface area (TPSA) is 88.4 Å². The number of sulfonamides is 1. The van der Waals surface area contributed by atoms with E-state index < -0.39 is 15.9 Å². The van der Waals surface area contributed by atoms with Gasteiger partial charge in [-0.2, -0.15) is 0 Å². The van der Waals surface area contributed by atoms with Gasteiger partial charge < -0.3 is 9.73 Å². The van der Waals surface area contributed by atoms with E-state index in [2.05, 4.69) is 26.0 Å². The van der Waals surface area contributed by atoms with E-state index in [1.54, 1.807) is 36.4 Å². The molecule has 0 saturated carbocycles. The number of nitrogens with one attached hydrogen (secondary N) is 2. The number of benzene rings is 1. The number of halogens is 1. The Hall–Kier alpha value is -1.64. The van der Waals surface area contributed by atoms with Crippen molar-refractivity contribution in [3.8, 4) is 0 Å². The van der Waals surface area contributed by atoms with Gasteiger partial charge in [-0.25, -0.2) is 13.1 Å². The summed E-state index contributed by atoms with van der Waals surface area (Å²) in [7, 11) is -3.59. The van der Waals surface area contributed by atoms with Gasteiger partial charge in [-0.3, -0.25) is 4.79 Å². The molecule has 6 nitrogen and oxygen atoms in total. The van der Waals surface area contributed by atoms with Gasteiger partial charge in [-0.15, -0.1) is 0 Å². The third-order valence-corrected chi connectivity index (χ3v) is 4.84. The fraction of sp³-hybridized carbons (Fsp3) is 0.214. The molecule has 1 aromatic carbocycles. The van der Waals surface area contributed by atoms with E-state index in [4.69, 9.17) is 4.42 Å². The Bertz CT molecular complexity index is 729. The third-order valence-electron chi connectivity index (χ3n) is 2.80. The zero-order valence-corrected chi connectivity index (χ0v) is 14.0. The van der Waals surface area contributed by atoms with Gasteiger partial charge in [0.2, 0.25) is 15.9 Å². The Morgan fingerprint density at radius 3 is 2.64 bits per heavy atom. The SMILES string of the molecule is O=C(CNS(=O)(=O)Cc1ccccc1Br)NCc1ccco1. The van der Waals surface area contributed by atoms with Crippen LogP contribution < -0.4 is 10.0 Å². The van der Waals surface area contributed by atoms with Crippen molar-refractivity contribution >= 4 is 31.9 Å². The summed E-state index contributed by atoms with van der Waals surface area (Å²) in [4.78, 5) is 11.6. The van der Waals surface area contributed by atoms with Gasteiger partial charge in [-0.05, 0) is 23.8 Å². The van der Waals surface area contributed by atoms with Crippen LogP contribution >= 0.6 is 15.9 Å². The molecule has 0 atom stereocenters. The van der Waals surface area contributed by atoms with Crippen LogP contribution in [0.5, 0.6) is 0 Å². The molecule has 2 aromatic rings. The number of furan rings is 1. The summed E-state index contributed by atoms with van der Waals surface area (Å²) in [6.45, 7) is -0.0920. The summed E-state index contributed by atoms with van der Waals surface area (Å²) in [6.07, 6.45) is 1.50. The summed E-state index contributed by atoms with van der Waals surface area (Å²) in [5, 5.41) is 2.56. The lowest BCUT2D eigenvalue weighted by molar-refractivity contribution is -0.120. The van der Waals surface area contributed by atoms with E-state index in [1.165, 1.54) is 6.26 Å². The van der Waals surface area contributed by atoms with Gasteiger partial charge in [-0.1, -0.05) is 34.1 Å². The number of carbonyl (C=O) groups is 1. The van der Waals surface area contributed by atoms with Crippen molar-refractivity contribution < 1.29 is 17.6 Å². The minimum absolute atomic E-state index is 0.195. The monoisotopic (exact) mass is 386 g/mol. The highest BCUT2D eigenvalue weighted by atomic mass is 79.9. The Morgan fingerprint density at radius 2 is 1.95 bits per heavy atom. The molecule has 0 aliphatic heterocycles. The lowest BCUT2D eigenvalue weighted by Crippen LogP contribution is -2.37. The summed E-state index contributed by atoms with van der Waals surface area (Å²) in [5.74, 6) is -0.0172. The molecule has 0 unspecified atom stereocenters. The molecule has 118 valence electrons. The molecule has 8 heteroatoms. The van der Waals surface area contributed by atoms with Crippen molar-refractivity contribution in [1.29, 1.82) is 0 Å². The molecule has 0 bridgehead atoms. The van der Waals surface area contributed by atoms with Gasteiger partial charge in [0.1, 0.15) is 5.76 Å². The summed E-state index contributed by atoms with van der Waals surface area (Å²) in [6, 6.07) is 10.5. The number of amides is 1. The number of hydrogen-bond donors (Lipinski definition) is 2. The molecular formula is C14H15BrN2O4S. The van der Waals surface area contributed by atoms with Crippen molar-refractivity contribution in [2.24, 2.45) is 0 Å². The maximum absolute atomic E-state index is 12.0. The summed E-state index contributed by atoms with van der Waals surface area (Å²) in [5.41, 5.74) is 0.631. The van der Waals surface area contributed by atoms with Crippen LogP contribution in [0.25, 0.3) is 0 Å². The molecule has 0 radical (unpaired) electrons. The Morgan fingerprint density at radius 1 is 1.18 bits per heavy atom. The summed E-state index contributed by atoms with van der Waals surface area (Å²) < 4.78 is 32.0. The van der Waals surface area contributed by atoms with Crippen LogP contribution in [0.15, 0.2) is 51.6 Å². The molecule has 0 aliphatic rings. The minimum Gasteiger partial charge on any atom is -0.467 e. The highest BCUT2D eigenvalue weighted by Crippen LogP contribution is 2.17. The molecule has 0 aliphatic carbocycles. The van der Waals surface area contributed by atoms with Crippen LogP contribution in [-0.2, 0) is 27.1 Å². The number of hydrogen-bond acceptors (Lipinski definition) is 4. The lowest BCUT2D eigenvalue weighted by atomic mass is 10.2. The maximum Gasteiger partial charge on any atom is 0.235 e. The molecule has 1 heterocycles. The Balaban J connectivity index is 1.82. The molecule has 22 heavy (non-hydrogen) atoms. The van der Waals surface area contributed by atoms with Crippen LogP contribution in [0.2, 0.25) is 0 Å². The van der Waals surface area contributed by atoms with Gasteiger partial charge in [0, 0.05) is 4.47 Å². The van der Waals surface area contributed by atoms with E-state index >= 15 is 0 Å². The quantitative estimate of drug-likeness (QED) is 0.758. The first kappa shape index (κ1) is 16.7. The van der Waals surface area contributed by atoms with E-state index in [1.807, 2.05) is 0 Å². The zero-order valence-electron chi connectivity index (χ0n) is 11.6. The highest BCUT2D eigenvalue weighted by Gasteiger charge is 2.15. The Labute approximate surface area is 137 Å². The number of carbonyl (C=O) groups excluding carboxylic acids is 1. The largest absolute Gasteiger partial charge is 0.467 e. The van der Waals surface area contributed by atoms with Crippen molar-refractivity contribution in [3.05, 3.63) is 58.5 Å². The van der Waals surface area contributed by atoms with Crippen LogP contribution in [0.4, 0.5) is 0 Å². The standard InChI is InChI=1S/C14H15BrN2O4S/c15-13-6-2-1-4-11(13)10-22(19,20)17-9-14(18)16-8-12-5-3-7-21-12/h1-7,17H,8-10H2,(H,16,18). The third kappa shape index (κ3) is 5.28. The number of rotatable bonds is 7. The van der Waals surface area contributed by atoms with E-state index in [9.17, 15) is 13.2 Å². The second-order valence-corrected chi connectivity index (χ2v) is 7.19. The van der Waals surface area contributed by atoms with Crippen LogP contribution in [-0.4, -0.2) is 20.9 Å². The fourth-order valence-electron chi connectivity index (χ4n) is 1.71. The molecule has 0 fully saturated rings. The predicted octanol–water partition coefficient (Wildman–Crippen LogP) is 1.78. The average molecular weight is 387 g/mol. The maximum atomic E-state index is 12.0. The zero-order chi connectivity index (χ0) is 16.0. The van der Waals surface area contributed by atoms with Crippen molar-refractivity contribution in [2.75, 3.05) is 6.54 Å². The second kappa shape index (κ2) is 7.57. The molecule has 2 rings (SSSR count). The highest BCUT2D eigenvalue weighted by molar-refractivity contribution is 9.10. The Kier molecular flexibility index (Phi) is 5.76. The van der Waals surface area contributed by atoms with Crippen LogP contribution in [0.1, 0.15) is 11.3 Å². The molecule has 1 amide bonds. The first-order valence-corrected chi connectivity index (χ1v) is 8.90. The second-order valence-electron chi connectivity index (χ2n) is 4.53.